The third kappa shape index (κ3) is 10.4. The van der Waals surface area contributed by atoms with E-state index in [-0.39, 0.29) is 6.09 Å². The van der Waals surface area contributed by atoms with E-state index in [1.807, 2.05) is 20.8 Å². The van der Waals surface area contributed by atoms with E-state index in [1.165, 1.54) is 0 Å². The monoisotopic (exact) mass is 259 g/mol. The summed E-state index contributed by atoms with van der Waals surface area (Å²) in [6.45, 7) is 9.13. The second kappa shape index (κ2) is 8.32. The first-order valence-corrected chi connectivity index (χ1v) is 6.52. The van der Waals surface area contributed by atoms with Gasteiger partial charge in [-0.3, -0.25) is 0 Å². The molecule has 0 aliphatic carbocycles. The Balaban J connectivity index is 3.58. The highest BCUT2D eigenvalue weighted by Crippen LogP contribution is 2.08. The zero-order valence-corrected chi connectivity index (χ0v) is 12.7. The van der Waals surface area contributed by atoms with E-state index in [9.17, 15) is 4.79 Å². The highest BCUT2D eigenvalue weighted by molar-refractivity contribution is 5.67. The van der Waals surface area contributed by atoms with Crippen molar-refractivity contribution < 1.29 is 9.53 Å². The maximum atomic E-state index is 11.6. The molecule has 0 saturated carbocycles. The van der Waals surface area contributed by atoms with Crippen molar-refractivity contribution in [1.82, 2.24) is 15.1 Å². The summed E-state index contributed by atoms with van der Waals surface area (Å²) < 4.78 is 5.26. The Kier molecular flexibility index (Phi) is 7.95. The molecule has 1 amide bonds. The van der Waals surface area contributed by atoms with Gasteiger partial charge in [0.2, 0.25) is 0 Å². The van der Waals surface area contributed by atoms with E-state index in [2.05, 4.69) is 24.3 Å². The Morgan fingerprint density at radius 1 is 1.11 bits per heavy atom. The molecule has 0 radical (unpaired) electrons. The highest BCUT2D eigenvalue weighted by atomic mass is 16.6. The van der Waals surface area contributed by atoms with Crippen molar-refractivity contribution in [3.05, 3.63) is 0 Å². The van der Waals surface area contributed by atoms with Gasteiger partial charge in [-0.25, -0.2) is 4.79 Å². The molecule has 0 heterocycles. The third-order valence-corrected chi connectivity index (χ3v) is 2.29. The van der Waals surface area contributed by atoms with Crippen molar-refractivity contribution in [2.24, 2.45) is 0 Å². The van der Waals surface area contributed by atoms with Crippen molar-refractivity contribution in [2.45, 2.75) is 32.8 Å². The van der Waals surface area contributed by atoms with Crippen molar-refractivity contribution >= 4 is 6.09 Å². The van der Waals surface area contributed by atoms with Gasteiger partial charge in [-0.2, -0.15) is 0 Å². The van der Waals surface area contributed by atoms with E-state index in [1.54, 1.807) is 11.9 Å². The van der Waals surface area contributed by atoms with Crippen LogP contribution in [0, 0.1) is 0 Å². The van der Waals surface area contributed by atoms with Gasteiger partial charge in [-0.05, 0) is 54.4 Å². The molecular formula is C13H29N3O2. The topological polar surface area (TPSA) is 44.8 Å². The molecule has 18 heavy (non-hydrogen) atoms. The molecular weight excluding hydrogens is 230 g/mol. The summed E-state index contributed by atoms with van der Waals surface area (Å²) in [6, 6.07) is 0. The van der Waals surface area contributed by atoms with Crippen LogP contribution in [0.4, 0.5) is 4.79 Å². The maximum absolute atomic E-state index is 11.6. The molecule has 0 spiro atoms. The quantitative estimate of drug-likeness (QED) is 0.702. The molecule has 0 aromatic heterocycles. The molecule has 0 aliphatic rings. The summed E-state index contributed by atoms with van der Waals surface area (Å²) in [4.78, 5) is 15.4. The average Bonchev–Trinajstić information content (AvgIpc) is 2.19. The van der Waals surface area contributed by atoms with Crippen LogP contribution in [0.5, 0.6) is 0 Å². The molecule has 108 valence electrons. The third-order valence-electron chi connectivity index (χ3n) is 2.29. The molecule has 0 bridgehead atoms. The fraction of sp³-hybridized carbons (Fsp3) is 0.923. The molecule has 1 N–H and O–H groups in total. The molecule has 0 fully saturated rings. The molecule has 0 rings (SSSR count). The van der Waals surface area contributed by atoms with Crippen LogP contribution in [0.2, 0.25) is 0 Å². The number of hydrogen-bond acceptors (Lipinski definition) is 4. The standard InChI is InChI=1S/C13H29N3O2/c1-13(2,3)18-12(17)16(6)11-9-14-8-7-10-15(4)5/h14H,7-11H2,1-6H3. The Labute approximate surface area is 111 Å². The Bertz CT molecular complexity index is 237. The lowest BCUT2D eigenvalue weighted by Crippen LogP contribution is -2.38. The van der Waals surface area contributed by atoms with Crippen molar-refractivity contribution in [1.29, 1.82) is 0 Å². The molecule has 0 atom stereocenters. The number of hydrogen-bond donors (Lipinski definition) is 1. The minimum absolute atomic E-state index is 0.266. The number of nitrogens with zero attached hydrogens (tertiary/aromatic N) is 2. The predicted molar refractivity (Wildman–Crippen MR) is 74.9 cm³/mol. The predicted octanol–water partition coefficient (Wildman–Crippen LogP) is 1.39. The number of nitrogens with one attached hydrogen (secondary N) is 1. The van der Waals surface area contributed by atoms with Gasteiger partial charge < -0.3 is 19.9 Å². The first-order chi connectivity index (χ1) is 8.22. The summed E-state index contributed by atoms with van der Waals surface area (Å²) in [7, 11) is 5.89. The molecule has 0 aromatic carbocycles. The summed E-state index contributed by atoms with van der Waals surface area (Å²) in [5.41, 5.74) is -0.426. The van der Waals surface area contributed by atoms with E-state index in [0.717, 1.165) is 26.1 Å². The second-order valence-corrected chi connectivity index (χ2v) is 5.81. The van der Waals surface area contributed by atoms with E-state index >= 15 is 0 Å². The van der Waals surface area contributed by atoms with E-state index in [4.69, 9.17) is 4.74 Å². The van der Waals surface area contributed by atoms with Crippen LogP contribution in [0.1, 0.15) is 27.2 Å². The van der Waals surface area contributed by atoms with Crippen molar-refractivity contribution in [3.8, 4) is 0 Å². The number of carbonyl (C=O) groups excluding carboxylic acids is 1. The zero-order chi connectivity index (χ0) is 14.2. The molecule has 5 nitrogen and oxygen atoms in total. The lowest BCUT2D eigenvalue weighted by molar-refractivity contribution is 0.0300. The Morgan fingerprint density at radius 2 is 1.72 bits per heavy atom. The fourth-order valence-corrected chi connectivity index (χ4v) is 1.32. The lowest BCUT2D eigenvalue weighted by atomic mass is 10.2. The zero-order valence-electron chi connectivity index (χ0n) is 12.7. The van der Waals surface area contributed by atoms with Crippen LogP contribution >= 0.6 is 0 Å². The average molecular weight is 259 g/mol. The molecule has 0 aliphatic heterocycles. The minimum atomic E-state index is -0.426. The normalized spacial score (nSPS) is 11.7. The van der Waals surface area contributed by atoms with Gasteiger partial charge in [-0.1, -0.05) is 0 Å². The van der Waals surface area contributed by atoms with Gasteiger partial charge in [0.15, 0.2) is 0 Å². The van der Waals surface area contributed by atoms with Gasteiger partial charge in [-0.15, -0.1) is 0 Å². The smallest absolute Gasteiger partial charge is 0.410 e. The molecule has 0 aromatic rings. The Morgan fingerprint density at radius 3 is 2.22 bits per heavy atom. The molecule has 0 unspecified atom stereocenters. The van der Waals surface area contributed by atoms with Gasteiger partial charge in [0.25, 0.3) is 0 Å². The number of amides is 1. The largest absolute Gasteiger partial charge is 0.444 e. The second-order valence-electron chi connectivity index (χ2n) is 5.81. The lowest BCUT2D eigenvalue weighted by Gasteiger charge is -2.24. The first-order valence-electron chi connectivity index (χ1n) is 6.52. The summed E-state index contributed by atoms with van der Waals surface area (Å²) >= 11 is 0. The van der Waals surface area contributed by atoms with Crippen LogP contribution in [-0.4, -0.2) is 68.8 Å². The highest BCUT2D eigenvalue weighted by Gasteiger charge is 2.18. The molecule has 5 heteroatoms. The van der Waals surface area contributed by atoms with Gasteiger partial charge >= 0.3 is 6.09 Å². The van der Waals surface area contributed by atoms with Gasteiger partial charge in [0.1, 0.15) is 5.60 Å². The van der Waals surface area contributed by atoms with Crippen molar-refractivity contribution in [2.75, 3.05) is 47.3 Å². The SMILES string of the molecule is CN(C)CCCNCCN(C)C(=O)OC(C)(C)C. The molecule has 0 saturated heterocycles. The number of rotatable bonds is 7. The first kappa shape index (κ1) is 17.2. The van der Waals surface area contributed by atoms with Crippen LogP contribution in [0.3, 0.4) is 0 Å². The van der Waals surface area contributed by atoms with Crippen LogP contribution < -0.4 is 5.32 Å². The summed E-state index contributed by atoms with van der Waals surface area (Å²) in [5.74, 6) is 0. The van der Waals surface area contributed by atoms with Crippen LogP contribution in [0.25, 0.3) is 0 Å². The maximum Gasteiger partial charge on any atom is 0.410 e. The number of likely N-dealkylation sites (N-methyl/N-ethyl adjacent to an activating group) is 1. The number of carbonyl (C=O) groups is 1. The summed E-state index contributed by atoms with van der Waals surface area (Å²) in [6.07, 6.45) is 0.848. The fourth-order valence-electron chi connectivity index (χ4n) is 1.32. The minimum Gasteiger partial charge on any atom is -0.444 e. The van der Waals surface area contributed by atoms with Crippen LogP contribution in [0.15, 0.2) is 0 Å². The van der Waals surface area contributed by atoms with Crippen LogP contribution in [-0.2, 0) is 4.74 Å². The Hall–Kier alpha value is -0.810. The van der Waals surface area contributed by atoms with Gasteiger partial charge in [0, 0.05) is 20.1 Å². The summed E-state index contributed by atoms with van der Waals surface area (Å²) in [5, 5.41) is 3.31. The van der Waals surface area contributed by atoms with E-state index in [0.29, 0.717) is 6.54 Å². The van der Waals surface area contributed by atoms with Crippen molar-refractivity contribution in [3.63, 3.8) is 0 Å². The van der Waals surface area contributed by atoms with E-state index < -0.39 is 5.60 Å². The number of ether oxygens (including phenoxy) is 1. The van der Waals surface area contributed by atoms with Gasteiger partial charge in [0.05, 0.1) is 0 Å².